The van der Waals surface area contributed by atoms with E-state index in [1.165, 1.54) is 0 Å². The zero-order valence-corrected chi connectivity index (χ0v) is 18.2. The molecule has 1 aromatic heterocycles. The zero-order chi connectivity index (χ0) is 20.6. The molecule has 152 valence electrons. The molecule has 0 saturated carbocycles. The average Bonchev–Trinajstić information content (AvgIpc) is 3.31. The number of carbonyl (C=O) groups is 1. The van der Waals surface area contributed by atoms with Crippen LogP contribution in [0.15, 0.2) is 48.5 Å². The number of fused-ring (bicyclic) bond motifs is 1. The number of likely N-dealkylation sites (tertiary alicyclic amines) is 1. The van der Waals surface area contributed by atoms with Crippen molar-refractivity contribution < 1.29 is 13.2 Å². The quantitative estimate of drug-likeness (QED) is 0.588. The van der Waals surface area contributed by atoms with Gasteiger partial charge in [0.2, 0.25) is 15.9 Å². The largest absolute Gasteiger partial charge is 0.332 e. The minimum atomic E-state index is -3.65. The summed E-state index contributed by atoms with van der Waals surface area (Å²) in [5, 5.41) is 1.31. The fourth-order valence-corrected chi connectivity index (χ4v) is 5.74. The van der Waals surface area contributed by atoms with E-state index in [0.29, 0.717) is 17.3 Å². The van der Waals surface area contributed by atoms with E-state index in [0.717, 1.165) is 38.6 Å². The van der Waals surface area contributed by atoms with E-state index in [9.17, 15) is 13.2 Å². The van der Waals surface area contributed by atoms with Crippen molar-refractivity contribution in [2.75, 3.05) is 23.7 Å². The number of hydrogen-bond acceptors (Lipinski definition) is 5. The van der Waals surface area contributed by atoms with Crippen molar-refractivity contribution in [2.45, 2.75) is 18.9 Å². The maximum atomic E-state index is 13.1. The summed E-state index contributed by atoms with van der Waals surface area (Å²) in [6.45, 7) is 0.327. The Bertz CT molecular complexity index is 1130. The van der Waals surface area contributed by atoms with Crippen molar-refractivity contribution in [1.82, 2.24) is 9.88 Å². The van der Waals surface area contributed by atoms with Crippen LogP contribution in [0.25, 0.3) is 10.2 Å². The van der Waals surface area contributed by atoms with Gasteiger partial charge in [0.15, 0.2) is 0 Å². The smallest absolute Gasteiger partial charge is 0.243 e. The van der Waals surface area contributed by atoms with Gasteiger partial charge in [0.25, 0.3) is 0 Å². The van der Waals surface area contributed by atoms with Crippen molar-refractivity contribution >= 4 is 54.8 Å². The lowest BCUT2D eigenvalue weighted by Crippen LogP contribution is -2.42. The Kier molecular flexibility index (Phi) is 5.50. The standard InChI is InChI=1S/C20H20ClN3O3S2/c1-29(26,27)24(15-7-4-6-14(21)12-15)13-19(25)23-11-5-9-17(23)20-22-16-8-2-3-10-18(16)28-20/h2-4,6-8,10,12,17H,5,9,11,13H2,1H3/t17-/m1/s1. The normalized spacial score (nSPS) is 17.0. The summed E-state index contributed by atoms with van der Waals surface area (Å²) >= 11 is 7.60. The first-order valence-electron chi connectivity index (χ1n) is 9.21. The van der Waals surface area contributed by atoms with Crippen LogP contribution in [0.2, 0.25) is 5.02 Å². The number of halogens is 1. The Labute approximate surface area is 178 Å². The van der Waals surface area contributed by atoms with Gasteiger partial charge in [-0.1, -0.05) is 29.8 Å². The summed E-state index contributed by atoms with van der Waals surface area (Å²) in [4.78, 5) is 19.6. The predicted octanol–water partition coefficient (Wildman–Crippen LogP) is 4.08. The molecule has 1 atom stereocenters. The highest BCUT2D eigenvalue weighted by molar-refractivity contribution is 7.92. The maximum Gasteiger partial charge on any atom is 0.243 e. The van der Waals surface area contributed by atoms with E-state index in [2.05, 4.69) is 0 Å². The first-order chi connectivity index (χ1) is 13.8. The average molecular weight is 450 g/mol. The highest BCUT2D eigenvalue weighted by Crippen LogP contribution is 2.36. The summed E-state index contributed by atoms with van der Waals surface area (Å²) in [5.74, 6) is -0.239. The van der Waals surface area contributed by atoms with E-state index in [-0.39, 0.29) is 18.5 Å². The van der Waals surface area contributed by atoms with E-state index < -0.39 is 10.0 Å². The van der Waals surface area contributed by atoms with Crippen molar-refractivity contribution in [2.24, 2.45) is 0 Å². The van der Waals surface area contributed by atoms with Gasteiger partial charge in [-0.2, -0.15) is 0 Å². The first-order valence-corrected chi connectivity index (χ1v) is 12.3. The van der Waals surface area contributed by atoms with Crippen molar-refractivity contribution in [3.8, 4) is 0 Å². The van der Waals surface area contributed by atoms with Gasteiger partial charge in [-0.3, -0.25) is 9.10 Å². The molecule has 0 bridgehead atoms. The zero-order valence-electron chi connectivity index (χ0n) is 15.8. The van der Waals surface area contributed by atoms with Crippen LogP contribution < -0.4 is 4.31 Å². The summed E-state index contributed by atoms with van der Waals surface area (Å²) in [6, 6.07) is 14.3. The fourth-order valence-electron chi connectivity index (χ4n) is 3.60. The van der Waals surface area contributed by atoms with Crippen LogP contribution in [0.4, 0.5) is 5.69 Å². The molecule has 3 aromatic rings. The van der Waals surface area contributed by atoms with Gasteiger partial charge in [0, 0.05) is 11.6 Å². The number of sulfonamides is 1. The Balaban J connectivity index is 1.60. The van der Waals surface area contributed by atoms with Gasteiger partial charge in [0.1, 0.15) is 11.6 Å². The second-order valence-corrected chi connectivity index (χ2v) is 10.4. The Morgan fingerprint density at radius 3 is 2.79 bits per heavy atom. The molecule has 1 saturated heterocycles. The minimum Gasteiger partial charge on any atom is -0.332 e. The predicted molar refractivity (Wildman–Crippen MR) is 117 cm³/mol. The van der Waals surface area contributed by atoms with Crippen LogP contribution in [0.1, 0.15) is 23.9 Å². The molecule has 0 spiro atoms. The summed E-state index contributed by atoms with van der Waals surface area (Å²) in [6.07, 6.45) is 2.78. The molecule has 1 aliphatic heterocycles. The molecule has 1 amide bonds. The van der Waals surface area contributed by atoms with Gasteiger partial charge < -0.3 is 4.90 Å². The molecule has 0 unspecified atom stereocenters. The second-order valence-electron chi connectivity index (χ2n) is 7.01. The SMILES string of the molecule is CS(=O)(=O)N(CC(=O)N1CCC[C@@H]1c1nc2ccccc2s1)c1cccc(Cl)c1. The van der Waals surface area contributed by atoms with Gasteiger partial charge in [-0.05, 0) is 43.2 Å². The number of rotatable bonds is 5. The molecule has 29 heavy (non-hydrogen) atoms. The minimum absolute atomic E-state index is 0.124. The number of thiazole rings is 1. The van der Waals surface area contributed by atoms with Gasteiger partial charge in [-0.15, -0.1) is 11.3 Å². The van der Waals surface area contributed by atoms with Crippen LogP contribution in [0.5, 0.6) is 0 Å². The highest BCUT2D eigenvalue weighted by atomic mass is 35.5. The third kappa shape index (κ3) is 4.24. The Morgan fingerprint density at radius 2 is 2.07 bits per heavy atom. The van der Waals surface area contributed by atoms with Crippen LogP contribution >= 0.6 is 22.9 Å². The van der Waals surface area contributed by atoms with Crippen molar-refractivity contribution in [1.29, 1.82) is 0 Å². The first kappa shape index (κ1) is 20.1. The van der Waals surface area contributed by atoms with Gasteiger partial charge in [0.05, 0.1) is 28.2 Å². The number of amides is 1. The van der Waals surface area contributed by atoms with E-state index in [4.69, 9.17) is 16.6 Å². The highest BCUT2D eigenvalue weighted by Gasteiger charge is 2.34. The molecule has 0 radical (unpaired) electrons. The number of carbonyl (C=O) groups excluding carboxylic acids is 1. The molecule has 0 aliphatic carbocycles. The molecule has 2 aromatic carbocycles. The lowest BCUT2D eigenvalue weighted by Gasteiger charge is -2.28. The Morgan fingerprint density at radius 1 is 1.28 bits per heavy atom. The molecule has 6 nitrogen and oxygen atoms in total. The number of anilines is 1. The maximum absolute atomic E-state index is 13.1. The lowest BCUT2D eigenvalue weighted by molar-refractivity contribution is -0.130. The molecular formula is C20H20ClN3O3S2. The number of para-hydroxylation sites is 1. The molecule has 0 N–H and O–H groups in total. The van der Waals surface area contributed by atoms with Crippen LogP contribution in [-0.4, -0.2) is 43.6 Å². The lowest BCUT2D eigenvalue weighted by atomic mass is 10.2. The second kappa shape index (κ2) is 7.93. The van der Waals surface area contributed by atoms with E-state index in [1.54, 1.807) is 40.5 Å². The van der Waals surface area contributed by atoms with Gasteiger partial charge in [-0.25, -0.2) is 13.4 Å². The number of benzene rings is 2. The van der Waals surface area contributed by atoms with Crippen molar-refractivity contribution in [3.05, 3.63) is 58.6 Å². The topological polar surface area (TPSA) is 70.6 Å². The summed E-state index contributed by atoms with van der Waals surface area (Å²) in [5.41, 5.74) is 1.30. The van der Waals surface area contributed by atoms with E-state index >= 15 is 0 Å². The third-order valence-electron chi connectivity index (χ3n) is 4.94. The third-order valence-corrected chi connectivity index (χ3v) is 7.46. The number of aromatic nitrogens is 1. The van der Waals surface area contributed by atoms with E-state index in [1.807, 2.05) is 24.3 Å². The monoisotopic (exact) mass is 449 g/mol. The van der Waals surface area contributed by atoms with Crippen LogP contribution in [0.3, 0.4) is 0 Å². The Hall–Kier alpha value is -2.16. The van der Waals surface area contributed by atoms with Crippen LogP contribution in [0, 0.1) is 0 Å². The summed E-state index contributed by atoms with van der Waals surface area (Å²) in [7, 11) is -3.65. The number of hydrogen-bond donors (Lipinski definition) is 0. The molecule has 2 heterocycles. The van der Waals surface area contributed by atoms with Crippen molar-refractivity contribution in [3.63, 3.8) is 0 Å². The molecule has 1 fully saturated rings. The molecule has 1 aliphatic rings. The number of nitrogens with zero attached hydrogens (tertiary/aromatic N) is 3. The molecular weight excluding hydrogens is 430 g/mol. The molecule has 4 rings (SSSR count). The summed E-state index contributed by atoms with van der Waals surface area (Å²) < 4.78 is 26.9. The fraction of sp³-hybridized carbons (Fsp3) is 0.300. The van der Waals surface area contributed by atoms with Gasteiger partial charge >= 0.3 is 0 Å². The van der Waals surface area contributed by atoms with Crippen LogP contribution in [-0.2, 0) is 14.8 Å². The molecule has 9 heteroatoms.